The van der Waals surface area contributed by atoms with Crippen molar-refractivity contribution in [1.82, 2.24) is 0 Å². The molecule has 0 aliphatic carbocycles. The number of anilines is 1. The zero-order chi connectivity index (χ0) is 14.3. The number of aliphatic hydroxyl groups excluding tert-OH is 1. The molecule has 0 aromatic heterocycles. The van der Waals surface area contributed by atoms with Crippen molar-refractivity contribution in [3.05, 3.63) is 63.1 Å². The fourth-order valence-electron chi connectivity index (χ4n) is 2.45. The standard InChI is InChI=1S/C16H14BrNO2/c1-9-6-10(2-4-13(9)17)16(20)11-3-5-14-12(7-11)8-15(19)18-14/h2-7,16,20H,8H2,1H3,(H,18,19). The summed E-state index contributed by atoms with van der Waals surface area (Å²) in [6.07, 6.45) is -0.294. The number of halogens is 1. The van der Waals surface area contributed by atoms with Crippen molar-refractivity contribution < 1.29 is 9.90 Å². The normalized spacial score (nSPS) is 14.8. The minimum atomic E-state index is -0.678. The molecule has 0 radical (unpaired) electrons. The largest absolute Gasteiger partial charge is 0.384 e. The summed E-state index contributed by atoms with van der Waals surface area (Å²) in [6.45, 7) is 1.99. The molecular formula is C16H14BrNO2. The SMILES string of the molecule is Cc1cc(C(O)c2ccc3c(c2)CC(=O)N3)ccc1Br. The van der Waals surface area contributed by atoms with E-state index in [0.717, 1.165) is 32.4 Å². The van der Waals surface area contributed by atoms with Crippen LogP contribution in [0.5, 0.6) is 0 Å². The van der Waals surface area contributed by atoms with Gasteiger partial charge in [0, 0.05) is 10.2 Å². The quantitative estimate of drug-likeness (QED) is 0.886. The number of hydrogen-bond donors (Lipinski definition) is 2. The third kappa shape index (κ3) is 2.37. The maximum atomic E-state index is 11.4. The smallest absolute Gasteiger partial charge is 0.228 e. The molecule has 1 aliphatic heterocycles. The van der Waals surface area contributed by atoms with Gasteiger partial charge < -0.3 is 10.4 Å². The van der Waals surface area contributed by atoms with E-state index in [9.17, 15) is 9.90 Å². The van der Waals surface area contributed by atoms with E-state index < -0.39 is 6.10 Å². The molecule has 2 aromatic carbocycles. The van der Waals surface area contributed by atoms with Crippen LogP contribution in [0.4, 0.5) is 5.69 Å². The predicted molar refractivity (Wildman–Crippen MR) is 81.7 cm³/mol. The molecule has 102 valence electrons. The van der Waals surface area contributed by atoms with E-state index in [4.69, 9.17) is 0 Å². The Morgan fingerprint density at radius 2 is 1.90 bits per heavy atom. The summed E-state index contributed by atoms with van der Waals surface area (Å²) in [4.78, 5) is 11.4. The van der Waals surface area contributed by atoms with Crippen molar-refractivity contribution >= 4 is 27.5 Å². The molecule has 20 heavy (non-hydrogen) atoms. The summed E-state index contributed by atoms with van der Waals surface area (Å²) < 4.78 is 1.03. The molecule has 2 aromatic rings. The maximum absolute atomic E-state index is 11.4. The van der Waals surface area contributed by atoms with Crippen LogP contribution in [0.15, 0.2) is 40.9 Å². The van der Waals surface area contributed by atoms with Crippen LogP contribution in [0.1, 0.15) is 28.4 Å². The average Bonchev–Trinajstić information content (AvgIpc) is 2.80. The molecule has 1 amide bonds. The van der Waals surface area contributed by atoms with Crippen molar-refractivity contribution in [2.45, 2.75) is 19.4 Å². The van der Waals surface area contributed by atoms with Gasteiger partial charge in [-0.15, -0.1) is 0 Å². The van der Waals surface area contributed by atoms with E-state index in [1.807, 2.05) is 43.3 Å². The zero-order valence-corrected chi connectivity index (χ0v) is 12.6. The number of fused-ring (bicyclic) bond motifs is 1. The fourth-order valence-corrected chi connectivity index (χ4v) is 2.70. The lowest BCUT2D eigenvalue weighted by Gasteiger charge is -2.14. The Morgan fingerprint density at radius 1 is 1.20 bits per heavy atom. The molecule has 1 heterocycles. The molecular weight excluding hydrogens is 318 g/mol. The molecule has 3 nitrogen and oxygen atoms in total. The van der Waals surface area contributed by atoms with Gasteiger partial charge in [-0.25, -0.2) is 0 Å². The number of amides is 1. The van der Waals surface area contributed by atoms with E-state index in [1.165, 1.54) is 0 Å². The number of nitrogens with one attached hydrogen (secondary N) is 1. The Morgan fingerprint density at radius 3 is 2.65 bits per heavy atom. The Labute approximate surface area is 125 Å². The summed E-state index contributed by atoms with van der Waals surface area (Å²) in [5.74, 6) is 0.00567. The Kier molecular flexibility index (Phi) is 3.36. The predicted octanol–water partition coefficient (Wildman–Crippen LogP) is 3.33. The second kappa shape index (κ2) is 5.04. The molecule has 1 atom stereocenters. The van der Waals surface area contributed by atoms with Gasteiger partial charge in [-0.3, -0.25) is 4.79 Å². The summed E-state index contributed by atoms with van der Waals surface area (Å²) in [5, 5.41) is 13.3. The van der Waals surface area contributed by atoms with Crippen molar-refractivity contribution in [1.29, 1.82) is 0 Å². The van der Waals surface area contributed by atoms with Crippen molar-refractivity contribution in [3.8, 4) is 0 Å². The second-order valence-electron chi connectivity index (χ2n) is 5.05. The minimum Gasteiger partial charge on any atom is -0.384 e. The highest BCUT2D eigenvalue weighted by molar-refractivity contribution is 9.10. The van der Waals surface area contributed by atoms with Crippen LogP contribution in [0.3, 0.4) is 0 Å². The first-order valence-electron chi connectivity index (χ1n) is 6.41. The highest BCUT2D eigenvalue weighted by Gasteiger charge is 2.20. The highest BCUT2D eigenvalue weighted by atomic mass is 79.9. The van der Waals surface area contributed by atoms with E-state index in [1.54, 1.807) is 0 Å². The molecule has 0 spiro atoms. The number of benzene rings is 2. The maximum Gasteiger partial charge on any atom is 0.228 e. The number of rotatable bonds is 2. The lowest BCUT2D eigenvalue weighted by molar-refractivity contribution is -0.115. The average molecular weight is 332 g/mol. The van der Waals surface area contributed by atoms with Crippen molar-refractivity contribution in [2.24, 2.45) is 0 Å². The third-order valence-corrected chi connectivity index (χ3v) is 4.46. The topological polar surface area (TPSA) is 49.3 Å². The van der Waals surface area contributed by atoms with Gasteiger partial charge in [-0.1, -0.05) is 40.2 Å². The first-order valence-corrected chi connectivity index (χ1v) is 7.20. The first-order chi connectivity index (χ1) is 9.54. The van der Waals surface area contributed by atoms with Crippen molar-refractivity contribution in [3.63, 3.8) is 0 Å². The molecule has 0 bridgehead atoms. The van der Waals surface area contributed by atoms with Gasteiger partial charge in [0.15, 0.2) is 0 Å². The second-order valence-corrected chi connectivity index (χ2v) is 5.91. The molecule has 4 heteroatoms. The van der Waals surface area contributed by atoms with Crippen LogP contribution in [-0.2, 0) is 11.2 Å². The zero-order valence-electron chi connectivity index (χ0n) is 11.0. The summed E-state index contributed by atoms with van der Waals surface area (Å²) in [6, 6.07) is 11.4. The van der Waals surface area contributed by atoms with Gasteiger partial charge in [-0.05, 0) is 41.3 Å². The van der Waals surface area contributed by atoms with E-state index in [0.29, 0.717) is 6.42 Å². The summed E-state index contributed by atoms with van der Waals surface area (Å²) >= 11 is 3.45. The van der Waals surface area contributed by atoms with Crippen molar-refractivity contribution in [2.75, 3.05) is 5.32 Å². The van der Waals surface area contributed by atoms with Crippen LogP contribution in [0.25, 0.3) is 0 Å². The van der Waals surface area contributed by atoms with Crippen LogP contribution < -0.4 is 5.32 Å². The minimum absolute atomic E-state index is 0.00567. The van der Waals surface area contributed by atoms with E-state index in [-0.39, 0.29) is 5.91 Å². The van der Waals surface area contributed by atoms with Gasteiger partial charge in [0.1, 0.15) is 6.10 Å². The first kappa shape index (κ1) is 13.3. The molecule has 1 unspecified atom stereocenters. The van der Waals surface area contributed by atoms with Crippen LogP contribution in [-0.4, -0.2) is 11.0 Å². The van der Waals surface area contributed by atoms with Crippen LogP contribution in [0.2, 0.25) is 0 Å². The molecule has 2 N–H and O–H groups in total. The monoisotopic (exact) mass is 331 g/mol. The lowest BCUT2D eigenvalue weighted by atomic mass is 9.98. The molecule has 0 fully saturated rings. The number of aliphatic hydroxyl groups is 1. The molecule has 3 rings (SSSR count). The molecule has 0 saturated carbocycles. The van der Waals surface area contributed by atoms with Gasteiger partial charge in [-0.2, -0.15) is 0 Å². The number of carbonyl (C=O) groups is 1. The van der Waals surface area contributed by atoms with Crippen LogP contribution >= 0.6 is 15.9 Å². The Hall–Kier alpha value is -1.65. The molecule has 0 saturated heterocycles. The highest BCUT2D eigenvalue weighted by Crippen LogP contribution is 2.30. The van der Waals surface area contributed by atoms with Gasteiger partial charge >= 0.3 is 0 Å². The number of carbonyl (C=O) groups excluding carboxylic acids is 1. The van der Waals surface area contributed by atoms with E-state index >= 15 is 0 Å². The fraction of sp³-hybridized carbons (Fsp3) is 0.188. The Bertz CT molecular complexity index is 697. The van der Waals surface area contributed by atoms with Gasteiger partial charge in [0.2, 0.25) is 5.91 Å². The summed E-state index contributed by atoms with van der Waals surface area (Å²) in [5.41, 5.74) is 4.53. The van der Waals surface area contributed by atoms with Crippen LogP contribution in [0, 0.1) is 6.92 Å². The Balaban J connectivity index is 1.94. The van der Waals surface area contributed by atoms with Gasteiger partial charge in [0.05, 0.1) is 6.42 Å². The lowest BCUT2D eigenvalue weighted by Crippen LogP contribution is -2.03. The van der Waals surface area contributed by atoms with Gasteiger partial charge in [0.25, 0.3) is 0 Å². The van der Waals surface area contributed by atoms with E-state index in [2.05, 4.69) is 21.2 Å². The molecule has 1 aliphatic rings. The third-order valence-electron chi connectivity index (χ3n) is 3.57. The number of hydrogen-bond acceptors (Lipinski definition) is 2. The summed E-state index contributed by atoms with van der Waals surface area (Å²) in [7, 11) is 0. The number of aryl methyl sites for hydroxylation is 1.